The molecule has 0 spiro atoms. The molecule has 1 saturated heterocycles. The van der Waals surface area contributed by atoms with Gasteiger partial charge < -0.3 is 10.0 Å². The minimum absolute atomic E-state index is 0.0323. The normalized spacial score (nSPS) is 22.0. The van der Waals surface area contributed by atoms with Crippen LogP contribution in [-0.4, -0.2) is 50.3 Å². The first-order chi connectivity index (χ1) is 10.0. The Morgan fingerprint density at radius 3 is 2.95 bits per heavy atom. The van der Waals surface area contributed by atoms with E-state index in [0.29, 0.717) is 24.4 Å². The lowest BCUT2D eigenvalue weighted by Gasteiger charge is -2.15. The molecule has 2 aromatic rings. The third-order valence-corrected chi connectivity index (χ3v) is 4.78. The fourth-order valence-corrected chi connectivity index (χ4v) is 3.49. The van der Waals surface area contributed by atoms with Crippen molar-refractivity contribution in [1.29, 1.82) is 0 Å². The molecule has 2 aromatic heterocycles. The Morgan fingerprint density at radius 2 is 2.33 bits per heavy atom. The van der Waals surface area contributed by atoms with Crippen LogP contribution in [0.2, 0.25) is 0 Å². The molecule has 21 heavy (non-hydrogen) atoms. The van der Waals surface area contributed by atoms with Gasteiger partial charge in [0.15, 0.2) is 0 Å². The minimum Gasteiger partial charge on any atom is -0.391 e. The summed E-state index contributed by atoms with van der Waals surface area (Å²) in [6.07, 6.45) is 0.177. The molecule has 1 amide bonds. The zero-order chi connectivity index (χ0) is 15.0. The van der Waals surface area contributed by atoms with Gasteiger partial charge in [-0.1, -0.05) is 0 Å². The molecule has 6 nitrogen and oxygen atoms in total. The average Bonchev–Trinajstić information content (AvgIpc) is 3.12. The summed E-state index contributed by atoms with van der Waals surface area (Å²) in [5.41, 5.74) is 4.37. The highest BCUT2D eigenvalue weighted by atomic mass is 32.1. The minimum atomic E-state index is -0.501. The van der Waals surface area contributed by atoms with Gasteiger partial charge in [0.1, 0.15) is 4.88 Å². The zero-order valence-corrected chi connectivity index (χ0v) is 12.9. The molecule has 1 aliphatic heterocycles. The van der Waals surface area contributed by atoms with Crippen molar-refractivity contribution in [3.63, 3.8) is 0 Å². The molecule has 2 atom stereocenters. The van der Waals surface area contributed by atoms with Crippen LogP contribution in [-0.2, 0) is 6.42 Å². The van der Waals surface area contributed by atoms with Crippen molar-refractivity contribution < 1.29 is 9.90 Å². The number of carbonyl (C=O) groups excluding carboxylic acids is 1. The van der Waals surface area contributed by atoms with Crippen molar-refractivity contribution in [2.24, 2.45) is 5.92 Å². The second kappa shape index (κ2) is 5.57. The molecule has 0 aromatic carbocycles. The maximum absolute atomic E-state index is 12.4. The molecule has 3 rings (SSSR count). The number of aromatic nitrogens is 3. The first kappa shape index (κ1) is 14.2. The van der Waals surface area contributed by atoms with E-state index in [9.17, 15) is 9.90 Å². The number of nitrogens with zero attached hydrogens (tertiary/aromatic N) is 3. The summed E-state index contributed by atoms with van der Waals surface area (Å²) in [6, 6.07) is 1.98. The number of rotatable bonds is 3. The number of amides is 1. The Bertz CT molecular complexity index is 651. The summed E-state index contributed by atoms with van der Waals surface area (Å²) < 4.78 is 0. The number of likely N-dealkylation sites (tertiary alicyclic amines) is 1. The molecule has 1 aliphatic rings. The third-order valence-electron chi connectivity index (χ3n) is 3.86. The first-order valence-corrected chi connectivity index (χ1v) is 7.81. The molecular formula is C14H18N4O2S. The molecule has 3 heterocycles. The molecule has 0 radical (unpaired) electrons. The van der Waals surface area contributed by atoms with Gasteiger partial charge in [-0.05, 0) is 26.3 Å². The Kier molecular flexibility index (Phi) is 3.77. The van der Waals surface area contributed by atoms with Crippen LogP contribution in [0, 0.1) is 19.8 Å². The van der Waals surface area contributed by atoms with Crippen LogP contribution in [0.1, 0.15) is 26.8 Å². The van der Waals surface area contributed by atoms with Crippen molar-refractivity contribution in [2.75, 3.05) is 13.1 Å². The number of hydrogen-bond donors (Lipinski definition) is 2. The SMILES string of the molecule is Cc1cc(C[C@@H]2CN(C(=O)c3scnc3C)C[C@H]2O)n[nH]1. The fourth-order valence-electron chi connectivity index (χ4n) is 2.72. The van der Waals surface area contributed by atoms with E-state index in [1.807, 2.05) is 19.9 Å². The van der Waals surface area contributed by atoms with Crippen LogP contribution in [0.4, 0.5) is 0 Å². The lowest BCUT2D eigenvalue weighted by atomic mass is 10.0. The lowest BCUT2D eigenvalue weighted by molar-refractivity contribution is 0.0768. The zero-order valence-electron chi connectivity index (χ0n) is 12.0. The van der Waals surface area contributed by atoms with Gasteiger partial charge in [-0.2, -0.15) is 5.10 Å². The summed E-state index contributed by atoms with van der Waals surface area (Å²) in [7, 11) is 0. The third kappa shape index (κ3) is 2.84. The quantitative estimate of drug-likeness (QED) is 0.891. The van der Waals surface area contributed by atoms with E-state index in [2.05, 4.69) is 15.2 Å². The van der Waals surface area contributed by atoms with E-state index in [1.165, 1.54) is 11.3 Å². The molecule has 112 valence electrons. The number of H-pyrrole nitrogens is 1. The largest absolute Gasteiger partial charge is 0.391 e. The number of aryl methyl sites for hydroxylation is 2. The van der Waals surface area contributed by atoms with Gasteiger partial charge in [0.05, 0.1) is 23.0 Å². The van der Waals surface area contributed by atoms with Gasteiger partial charge in [-0.25, -0.2) is 4.98 Å². The number of carbonyl (C=O) groups is 1. The Balaban J connectivity index is 1.68. The number of hydrogen-bond acceptors (Lipinski definition) is 5. The van der Waals surface area contributed by atoms with Crippen molar-refractivity contribution in [1.82, 2.24) is 20.1 Å². The highest BCUT2D eigenvalue weighted by Gasteiger charge is 2.35. The Labute approximate surface area is 126 Å². The molecule has 0 saturated carbocycles. The second-order valence-corrected chi connectivity index (χ2v) is 6.41. The highest BCUT2D eigenvalue weighted by Crippen LogP contribution is 2.24. The predicted molar refractivity (Wildman–Crippen MR) is 79.3 cm³/mol. The molecule has 2 N–H and O–H groups in total. The summed E-state index contributed by atoms with van der Waals surface area (Å²) in [5, 5.41) is 17.3. The van der Waals surface area contributed by atoms with E-state index < -0.39 is 6.10 Å². The van der Waals surface area contributed by atoms with E-state index in [0.717, 1.165) is 17.1 Å². The first-order valence-electron chi connectivity index (χ1n) is 6.93. The molecule has 0 aliphatic carbocycles. The molecular weight excluding hydrogens is 288 g/mol. The molecule has 7 heteroatoms. The van der Waals surface area contributed by atoms with Crippen molar-refractivity contribution in [3.05, 3.63) is 33.5 Å². The van der Waals surface area contributed by atoms with Crippen LogP contribution in [0.5, 0.6) is 0 Å². The number of thiazole rings is 1. The van der Waals surface area contributed by atoms with Gasteiger partial charge in [-0.15, -0.1) is 11.3 Å². The molecule has 0 unspecified atom stereocenters. The predicted octanol–water partition coefficient (Wildman–Crippen LogP) is 1.16. The number of aliphatic hydroxyl groups is 1. The van der Waals surface area contributed by atoms with Crippen LogP contribution < -0.4 is 0 Å². The van der Waals surface area contributed by atoms with Gasteiger partial charge in [-0.3, -0.25) is 9.89 Å². The fraction of sp³-hybridized carbons (Fsp3) is 0.500. The highest BCUT2D eigenvalue weighted by molar-refractivity contribution is 7.11. The number of aliphatic hydroxyl groups excluding tert-OH is 1. The van der Waals surface area contributed by atoms with Gasteiger partial charge in [0, 0.05) is 24.7 Å². The van der Waals surface area contributed by atoms with Crippen molar-refractivity contribution in [3.8, 4) is 0 Å². The summed E-state index contributed by atoms with van der Waals surface area (Å²) in [6.45, 7) is 4.72. The standard InChI is InChI=1S/C14H18N4O2S/c1-8-3-11(17-16-8)4-10-5-18(6-12(10)19)14(20)13-9(2)15-7-21-13/h3,7,10,12,19H,4-6H2,1-2H3,(H,16,17)/t10-,12-/m1/s1. The monoisotopic (exact) mass is 306 g/mol. The summed E-state index contributed by atoms with van der Waals surface area (Å²) >= 11 is 1.35. The van der Waals surface area contributed by atoms with Crippen molar-refractivity contribution in [2.45, 2.75) is 26.4 Å². The van der Waals surface area contributed by atoms with Crippen LogP contribution in [0.15, 0.2) is 11.6 Å². The topological polar surface area (TPSA) is 82.1 Å². The Morgan fingerprint density at radius 1 is 1.52 bits per heavy atom. The van der Waals surface area contributed by atoms with E-state index in [4.69, 9.17) is 0 Å². The van der Waals surface area contributed by atoms with Gasteiger partial charge in [0.2, 0.25) is 0 Å². The summed E-state index contributed by atoms with van der Waals surface area (Å²) in [4.78, 5) is 18.9. The van der Waals surface area contributed by atoms with Crippen LogP contribution in [0.3, 0.4) is 0 Å². The number of β-amino-alcohol motifs (C(OH)–C–C–N with tert-alkyl or cyclic N) is 1. The molecule has 1 fully saturated rings. The lowest BCUT2D eigenvalue weighted by Crippen LogP contribution is -2.29. The number of nitrogens with one attached hydrogen (secondary N) is 1. The van der Waals surface area contributed by atoms with Gasteiger partial charge in [0.25, 0.3) is 5.91 Å². The maximum Gasteiger partial charge on any atom is 0.265 e. The van der Waals surface area contributed by atoms with Crippen LogP contribution in [0.25, 0.3) is 0 Å². The second-order valence-electron chi connectivity index (χ2n) is 5.55. The van der Waals surface area contributed by atoms with Gasteiger partial charge >= 0.3 is 0 Å². The average molecular weight is 306 g/mol. The van der Waals surface area contributed by atoms with E-state index >= 15 is 0 Å². The molecule has 0 bridgehead atoms. The van der Waals surface area contributed by atoms with E-state index in [-0.39, 0.29) is 11.8 Å². The maximum atomic E-state index is 12.4. The Hall–Kier alpha value is -1.73. The van der Waals surface area contributed by atoms with E-state index in [1.54, 1.807) is 10.4 Å². The van der Waals surface area contributed by atoms with Crippen molar-refractivity contribution >= 4 is 17.2 Å². The smallest absolute Gasteiger partial charge is 0.265 e. The summed E-state index contributed by atoms with van der Waals surface area (Å²) in [5.74, 6) is -0.000337. The number of aromatic amines is 1. The van der Waals surface area contributed by atoms with Crippen LogP contribution >= 0.6 is 11.3 Å².